The maximum Gasteiger partial charge on any atom is 0.273 e. The fraction of sp³-hybridized carbons (Fsp3) is 0.533. The number of hydrogen-bond acceptors (Lipinski definition) is 5. The van der Waals surface area contributed by atoms with Gasteiger partial charge in [-0.3, -0.25) is 19.9 Å². The number of para-hydroxylation sites is 1. The molecule has 2 rings (SSSR count). The minimum Gasteiger partial charge on any atom is -0.296 e. The lowest BCUT2D eigenvalue weighted by Gasteiger charge is -2.36. The average Bonchev–Trinajstić information content (AvgIpc) is 2.50. The Balaban J connectivity index is 1.95. The molecule has 1 unspecified atom stereocenters. The van der Waals surface area contributed by atoms with Crippen molar-refractivity contribution in [2.45, 2.75) is 25.9 Å². The standard InChI is InChI=1S/C15H20N4O2/c1-2-14(11-16)18-9-7-17(8-10-18)12-13-5-3-4-6-15(13)19(20)21/h3-6,14H,2,7-10,12H2,1H3. The van der Waals surface area contributed by atoms with E-state index in [4.69, 9.17) is 5.26 Å². The molecule has 1 fully saturated rings. The molecular weight excluding hydrogens is 268 g/mol. The molecule has 1 saturated heterocycles. The molecule has 0 amide bonds. The Labute approximate surface area is 124 Å². The second kappa shape index (κ2) is 7.16. The summed E-state index contributed by atoms with van der Waals surface area (Å²) in [5, 5.41) is 20.1. The zero-order valence-electron chi connectivity index (χ0n) is 12.2. The van der Waals surface area contributed by atoms with Crippen molar-refractivity contribution in [2.24, 2.45) is 0 Å². The van der Waals surface area contributed by atoms with E-state index in [2.05, 4.69) is 15.9 Å². The third-order valence-corrected chi connectivity index (χ3v) is 3.97. The van der Waals surface area contributed by atoms with Gasteiger partial charge >= 0.3 is 0 Å². The molecule has 1 aliphatic heterocycles. The Kier molecular flexibility index (Phi) is 5.26. The van der Waals surface area contributed by atoms with E-state index in [1.165, 1.54) is 0 Å². The first kappa shape index (κ1) is 15.4. The molecular formula is C15H20N4O2. The normalized spacial score (nSPS) is 18.1. The van der Waals surface area contributed by atoms with E-state index in [0.29, 0.717) is 6.54 Å². The minimum atomic E-state index is -0.325. The van der Waals surface area contributed by atoms with Crippen LogP contribution >= 0.6 is 0 Å². The summed E-state index contributed by atoms with van der Waals surface area (Å²) >= 11 is 0. The van der Waals surface area contributed by atoms with E-state index in [0.717, 1.165) is 38.2 Å². The highest BCUT2D eigenvalue weighted by Gasteiger charge is 2.24. The van der Waals surface area contributed by atoms with E-state index in [-0.39, 0.29) is 16.7 Å². The van der Waals surface area contributed by atoms with E-state index in [9.17, 15) is 10.1 Å². The molecule has 6 nitrogen and oxygen atoms in total. The van der Waals surface area contributed by atoms with Gasteiger partial charge in [-0.25, -0.2) is 0 Å². The summed E-state index contributed by atoms with van der Waals surface area (Å²) in [6.45, 7) is 5.97. The molecule has 6 heteroatoms. The van der Waals surface area contributed by atoms with Crippen LogP contribution in [0.2, 0.25) is 0 Å². The van der Waals surface area contributed by atoms with Crippen molar-refractivity contribution in [3.63, 3.8) is 0 Å². The van der Waals surface area contributed by atoms with Crippen molar-refractivity contribution < 1.29 is 4.92 Å². The highest BCUT2D eigenvalue weighted by atomic mass is 16.6. The third kappa shape index (κ3) is 3.78. The second-order valence-corrected chi connectivity index (χ2v) is 5.25. The van der Waals surface area contributed by atoms with Gasteiger partial charge < -0.3 is 0 Å². The molecule has 0 aromatic heterocycles. The van der Waals surface area contributed by atoms with Gasteiger partial charge in [-0.2, -0.15) is 5.26 Å². The quantitative estimate of drug-likeness (QED) is 0.612. The average molecular weight is 288 g/mol. The van der Waals surface area contributed by atoms with Crippen LogP contribution in [0, 0.1) is 21.4 Å². The van der Waals surface area contributed by atoms with Gasteiger partial charge in [0.05, 0.1) is 17.0 Å². The van der Waals surface area contributed by atoms with Crippen molar-refractivity contribution in [1.82, 2.24) is 9.80 Å². The molecule has 1 atom stereocenters. The van der Waals surface area contributed by atoms with Gasteiger partial charge in [-0.1, -0.05) is 25.1 Å². The van der Waals surface area contributed by atoms with Crippen LogP contribution in [0.15, 0.2) is 24.3 Å². The summed E-state index contributed by atoms with van der Waals surface area (Å²) in [7, 11) is 0. The van der Waals surface area contributed by atoms with E-state index in [1.54, 1.807) is 12.1 Å². The minimum absolute atomic E-state index is 0.0155. The molecule has 1 aliphatic rings. The molecule has 0 N–H and O–H groups in total. The van der Waals surface area contributed by atoms with Crippen molar-refractivity contribution in [1.29, 1.82) is 5.26 Å². The summed E-state index contributed by atoms with van der Waals surface area (Å²) in [5.41, 5.74) is 0.937. The number of benzene rings is 1. The SMILES string of the molecule is CCC(C#N)N1CCN(Cc2ccccc2[N+](=O)[O-])CC1. The lowest BCUT2D eigenvalue weighted by Crippen LogP contribution is -2.49. The number of nitriles is 1. The molecule has 1 heterocycles. The predicted octanol–water partition coefficient (Wildman–Crippen LogP) is 2.01. The Hall–Kier alpha value is -1.97. The molecule has 0 bridgehead atoms. The first-order chi connectivity index (χ1) is 10.2. The smallest absolute Gasteiger partial charge is 0.273 e. The van der Waals surface area contributed by atoms with Crippen LogP contribution in [0.4, 0.5) is 5.69 Å². The van der Waals surface area contributed by atoms with Crippen molar-refractivity contribution in [3.05, 3.63) is 39.9 Å². The Morgan fingerprint density at radius 2 is 2.00 bits per heavy atom. The number of piperazine rings is 1. The number of hydrogen-bond donors (Lipinski definition) is 0. The van der Waals surface area contributed by atoms with Gasteiger partial charge in [0.25, 0.3) is 5.69 Å². The van der Waals surface area contributed by atoms with E-state index >= 15 is 0 Å². The molecule has 0 radical (unpaired) electrons. The predicted molar refractivity (Wildman–Crippen MR) is 79.6 cm³/mol. The van der Waals surface area contributed by atoms with E-state index in [1.807, 2.05) is 19.1 Å². The lowest BCUT2D eigenvalue weighted by molar-refractivity contribution is -0.385. The molecule has 21 heavy (non-hydrogen) atoms. The van der Waals surface area contributed by atoms with Gasteiger partial charge in [-0.05, 0) is 6.42 Å². The Morgan fingerprint density at radius 3 is 2.57 bits per heavy atom. The van der Waals surface area contributed by atoms with Crippen LogP contribution < -0.4 is 0 Å². The van der Waals surface area contributed by atoms with Crippen LogP contribution in [0.3, 0.4) is 0 Å². The lowest BCUT2D eigenvalue weighted by atomic mass is 10.1. The van der Waals surface area contributed by atoms with Crippen molar-refractivity contribution in [3.8, 4) is 6.07 Å². The van der Waals surface area contributed by atoms with Gasteiger partial charge in [0, 0.05) is 44.4 Å². The zero-order valence-corrected chi connectivity index (χ0v) is 12.2. The van der Waals surface area contributed by atoms with Crippen LogP contribution in [0.25, 0.3) is 0 Å². The van der Waals surface area contributed by atoms with Gasteiger partial charge in [-0.15, -0.1) is 0 Å². The Bertz CT molecular complexity index is 533. The summed E-state index contributed by atoms with van der Waals surface area (Å²) < 4.78 is 0. The molecule has 0 saturated carbocycles. The summed E-state index contributed by atoms with van der Waals surface area (Å²) in [4.78, 5) is 15.1. The van der Waals surface area contributed by atoms with Crippen LogP contribution in [-0.4, -0.2) is 46.9 Å². The molecule has 112 valence electrons. The molecule has 0 spiro atoms. The highest BCUT2D eigenvalue weighted by Crippen LogP contribution is 2.20. The first-order valence-electron chi connectivity index (χ1n) is 7.24. The maximum absolute atomic E-state index is 11.0. The number of rotatable bonds is 5. The van der Waals surface area contributed by atoms with Gasteiger partial charge in [0.1, 0.15) is 0 Å². The molecule has 1 aromatic rings. The van der Waals surface area contributed by atoms with Gasteiger partial charge in [0.15, 0.2) is 0 Å². The summed E-state index contributed by atoms with van der Waals surface area (Å²) in [6.07, 6.45) is 0.834. The fourth-order valence-electron chi connectivity index (χ4n) is 2.73. The summed E-state index contributed by atoms with van der Waals surface area (Å²) in [5.74, 6) is 0. The molecule has 0 aliphatic carbocycles. The number of nitrogens with zero attached hydrogens (tertiary/aromatic N) is 4. The summed E-state index contributed by atoms with van der Waals surface area (Å²) in [6, 6.07) is 9.20. The maximum atomic E-state index is 11.0. The molecule has 1 aromatic carbocycles. The van der Waals surface area contributed by atoms with Gasteiger partial charge in [0.2, 0.25) is 0 Å². The monoisotopic (exact) mass is 288 g/mol. The fourth-order valence-corrected chi connectivity index (χ4v) is 2.73. The topological polar surface area (TPSA) is 73.4 Å². The van der Waals surface area contributed by atoms with Crippen LogP contribution in [0.1, 0.15) is 18.9 Å². The van der Waals surface area contributed by atoms with Crippen LogP contribution in [-0.2, 0) is 6.54 Å². The number of nitro benzene ring substituents is 1. The van der Waals surface area contributed by atoms with E-state index < -0.39 is 0 Å². The zero-order chi connectivity index (χ0) is 15.2. The van der Waals surface area contributed by atoms with Crippen molar-refractivity contribution in [2.75, 3.05) is 26.2 Å². The third-order valence-electron chi connectivity index (χ3n) is 3.97. The largest absolute Gasteiger partial charge is 0.296 e. The highest BCUT2D eigenvalue weighted by molar-refractivity contribution is 5.39. The second-order valence-electron chi connectivity index (χ2n) is 5.25. The van der Waals surface area contributed by atoms with Crippen LogP contribution in [0.5, 0.6) is 0 Å². The number of nitro groups is 1. The van der Waals surface area contributed by atoms with Crippen molar-refractivity contribution >= 4 is 5.69 Å². The first-order valence-corrected chi connectivity index (χ1v) is 7.24. The Morgan fingerprint density at radius 1 is 1.33 bits per heavy atom.